The zero-order chi connectivity index (χ0) is 15.4. The summed E-state index contributed by atoms with van der Waals surface area (Å²) in [5.41, 5.74) is 2.37. The Balaban J connectivity index is 1.63. The summed E-state index contributed by atoms with van der Waals surface area (Å²) in [4.78, 5) is 6.28. The van der Waals surface area contributed by atoms with E-state index in [9.17, 15) is 0 Å². The lowest BCUT2D eigenvalue weighted by molar-refractivity contribution is 0.201. The number of fused-ring (bicyclic) bond motifs is 1. The van der Waals surface area contributed by atoms with Crippen molar-refractivity contribution in [2.75, 3.05) is 18.5 Å². The number of rotatable bonds is 6. The molecule has 1 aromatic heterocycles. The van der Waals surface area contributed by atoms with Crippen molar-refractivity contribution in [3.8, 4) is 5.75 Å². The minimum absolute atomic E-state index is 0.0335. The summed E-state index contributed by atoms with van der Waals surface area (Å²) >= 11 is 1.85. The van der Waals surface area contributed by atoms with Crippen LogP contribution in [0, 0.1) is 0 Å². The highest BCUT2D eigenvalue weighted by atomic mass is 32.1. The predicted octanol–water partition coefficient (Wildman–Crippen LogP) is 3.57. The minimum Gasteiger partial charge on any atom is -0.491 e. The van der Waals surface area contributed by atoms with Crippen molar-refractivity contribution in [3.05, 3.63) is 39.8 Å². The SMILES string of the molecule is CC(Nc1ccc(OCCO)cc1)c1nc2c(s1)CCCC2. The lowest BCUT2D eigenvalue weighted by Crippen LogP contribution is -2.07. The first-order valence-electron chi connectivity index (χ1n) is 7.85. The van der Waals surface area contributed by atoms with Crippen LogP contribution in [0.25, 0.3) is 0 Å². The van der Waals surface area contributed by atoms with Crippen molar-refractivity contribution in [2.45, 2.75) is 38.6 Å². The number of aliphatic hydroxyl groups excluding tert-OH is 1. The van der Waals surface area contributed by atoms with Gasteiger partial charge in [-0.05, 0) is 56.9 Å². The van der Waals surface area contributed by atoms with E-state index in [1.165, 1.54) is 34.8 Å². The summed E-state index contributed by atoms with van der Waals surface area (Å²) in [5, 5.41) is 13.4. The summed E-state index contributed by atoms with van der Waals surface area (Å²) in [6, 6.07) is 8.03. The molecule has 3 rings (SSSR count). The smallest absolute Gasteiger partial charge is 0.119 e. The van der Waals surface area contributed by atoms with E-state index in [1.54, 1.807) is 0 Å². The molecule has 2 N–H and O–H groups in total. The summed E-state index contributed by atoms with van der Waals surface area (Å²) in [7, 11) is 0. The molecule has 2 aromatic rings. The minimum atomic E-state index is 0.0335. The molecule has 0 bridgehead atoms. The lowest BCUT2D eigenvalue weighted by atomic mass is 10.0. The van der Waals surface area contributed by atoms with Crippen molar-refractivity contribution < 1.29 is 9.84 Å². The maximum atomic E-state index is 8.75. The molecule has 0 saturated carbocycles. The number of nitrogens with zero attached hydrogens (tertiary/aromatic N) is 1. The van der Waals surface area contributed by atoms with E-state index in [-0.39, 0.29) is 12.6 Å². The number of hydrogen-bond acceptors (Lipinski definition) is 5. The molecule has 0 spiro atoms. The van der Waals surface area contributed by atoms with Crippen LogP contribution in [0.5, 0.6) is 5.75 Å². The standard InChI is InChI=1S/C17H22N2O2S/c1-12(17-19-15-4-2-3-5-16(15)22-17)18-13-6-8-14(9-7-13)21-11-10-20/h6-9,12,18,20H,2-5,10-11H2,1H3. The molecule has 0 aliphatic heterocycles. The molecule has 22 heavy (non-hydrogen) atoms. The zero-order valence-electron chi connectivity index (χ0n) is 12.8. The van der Waals surface area contributed by atoms with Gasteiger partial charge in [0, 0.05) is 10.6 Å². The average molecular weight is 318 g/mol. The molecule has 0 radical (unpaired) electrons. The number of nitrogens with one attached hydrogen (secondary N) is 1. The average Bonchev–Trinajstić information content (AvgIpc) is 2.98. The number of ether oxygens (including phenoxy) is 1. The highest BCUT2D eigenvalue weighted by Crippen LogP contribution is 2.31. The number of benzene rings is 1. The Hall–Kier alpha value is -1.59. The molecule has 0 saturated heterocycles. The fraction of sp³-hybridized carbons (Fsp3) is 0.471. The van der Waals surface area contributed by atoms with Gasteiger partial charge in [0.05, 0.1) is 18.3 Å². The van der Waals surface area contributed by atoms with Crippen LogP contribution >= 0.6 is 11.3 Å². The molecular formula is C17H22N2O2S. The fourth-order valence-corrected chi connectivity index (χ4v) is 3.84. The first-order valence-corrected chi connectivity index (χ1v) is 8.66. The largest absolute Gasteiger partial charge is 0.491 e. The topological polar surface area (TPSA) is 54.4 Å². The maximum absolute atomic E-state index is 8.75. The quantitative estimate of drug-likeness (QED) is 0.855. The lowest BCUT2D eigenvalue weighted by Gasteiger charge is -2.13. The van der Waals surface area contributed by atoms with E-state index in [1.807, 2.05) is 35.6 Å². The van der Waals surface area contributed by atoms with Gasteiger partial charge in [-0.1, -0.05) is 0 Å². The zero-order valence-corrected chi connectivity index (χ0v) is 13.7. The highest BCUT2D eigenvalue weighted by molar-refractivity contribution is 7.11. The number of aliphatic hydroxyl groups is 1. The molecule has 0 fully saturated rings. The molecule has 1 aliphatic carbocycles. The number of anilines is 1. The molecule has 1 unspecified atom stereocenters. The van der Waals surface area contributed by atoms with Gasteiger partial charge in [-0.2, -0.15) is 0 Å². The van der Waals surface area contributed by atoms with Crippen LogP contribution in [0.3, 0.4) is 0 Å². The van der Waals surface area contributed by atoms with Gasteiger partial charge in [0.1, 0.15) is 17.4 Å². The summed E-state index contributed by atoms with van der Waals surface area (Å²) in [5.74, 6) is 0.775. The Labute approximate surface area is 135 Å². The van der Waals surface area contributed by atoms with Crippen molar-refractivity contribution in [1.29, 1.82) is 0 Å². The van der Waals surface area contributed by atoms with Gasteiger partial charge in [0.15, 0.2) is 0 Å². The summed E-state index contributed by atoms with van der Waals surface area (Å²) < 4.78 is 5.37. The van der Waals surface area contributed by atoms with E-state index in [0.29, 0.717) is 6.61 Å². The number of aromatic nitrogens is 1. The van der Waals surface area contributed by atoms with E-state index in [2.05, 4.69) is 12.2 Å². The van der Waals surface area contributed by atoms with E-state index in [4.69, 9.17) is 14.8 Å². The van der Waals surface area contributed by atoms with Gasteiger partial charge in [0.2, 0.25) is 0 Å². The van der Waals surface area contributed by atoms with Crippen LogP contribution in [0.1, 0.15) is 41.4 Å². The van der Waals surface area contributed by atoms with Crippen LogP contribution < -0.4 is 10.1 Å². The van der Waals surface area contributed by atoms with E-state index >= 15 is 0 Å². The maximum Gasteiger partial charge on any atom is 0.119 e. The third-order valence-electron chi connectivity index (χ3n) is 3.83. The van der Waals surface area contributed by atoms with Gasteiger partial charge >= 0.3 is 0 Å². The fourth-order valence-electron chi connectivity index (χ4n) is 2.68. The molecule has 1 aromatic carbocycles. The second-order valence-corrected chi connectivity index (χ2v) is 6.71. The first-order chi connectivity index (χ1) is 10.8. The van der Waals surface area contributed by atoms with E-state index < -0.39 is 0 Å². The van der Waals surface area contributed by atoms with Crippen LogP contribution in [-0.4, -0.2) is 23.3 Å². The number of thiazole rings is 1. The van der Waals surface area contributed by atoms with E-state index in [0.717, 1.165) is 17.9 Å². The third-order valence-corrected chi connectivity index (χ3v) is 5.17. The van der Waals surface area contributed by atoms with Crippen LogP contribution in [-0.2, 0) is 12.8 Å². The van der Waals surface area contributed by atoms with Crippen molar-refractivity contribution in [3.63, 3.8) is 0 Å². The predicted molar refractivity (Wildman–Crippen MR) is 89.8 cm³/mol. The Bertz CT molecular complexity index is 586. The molecule has 0 amide bonds. The van der Waals surface area contributed by atoms with Gasteiger partial charge in [-0.15, -0.1) is 11.3 Å². The van der Waals surface area contributed by atoms with Crippen LogP contribution in [0.4, 0.5) is 5.69 Å². The Morgan fingerprint density at radius 2 is 2.05 bits per heavy atom. The second kappa shape index (κ2) is 7.11. The van der Waals surface area contributed by atoms with Crippen molar-refractivity contribution in [2.24, 2.45) is 0 Å². The van der Waals surface area contributed by atoms with Gasteiger partial charge in [0.25, 0.3) is 0 Å². The van der Waals surface area contributed by atoms with Gasteiger partial charge in [-0.3, -0.25) is 0 Å². The Kier molecular flexibility index (Phi) is 4.95. The monoisotopic (exact) mass is 318 g/mol. The van der Waals surface area contributed by atoms with Crippen LogP contribution in [0.2, 0.25) is 0 Å². The molecule has 118 valence electrons. The van der Waals surface area contributed by atoms with Gasteiger partial charge in [-0.25, -0.2) is 4.98 Å². The summed E-state index contributed by atoms with van der Waals surface area (Å²) in [6.07, 6.45) is 4.89. The molecule has 5 heteroatoms. The first kappa shape index (κ1) is 15.3. The Morgan fingerprint density at radius 1 is 1.27 bits per heavy atom. The number of hydrogen-bond donors (Lipinski definition) is 2. The Morgan fingerprint density at radius 3 is 2.77 bits per heavy atom. The van der Waals surface area contributed by atoms with Crippen molar-refractivity contribution in [1.82, 2.24) is 4.98 Å². The second-order valence-electron chi connectivity index (χ2n) is 5.59. The number of aryl methyl sites for hydroxylation is 2. The normalized spacial score (nSPS) is 15.2. The molecule has 1 atom stereocenters. The molecular weight excluding hydrogens is 296 g/mol. The molecule has 1 heterocycles. The highest BCUT2D eigenvalue weighted by Gasteiger charge is 2.18. The van der Waals surface area contributed by atoms with Crippen molar-refractivity contribution >= 4 is 17.0 Å². The summed E-state index contributed by atoms with van der Waals surface area (Å²) in [6.45, 7) is 2.51. The third kappa shape index (κ3) is 3.59. The van der Waals surface area contributed by atoms with Crippen LogP contribution in [0.15, 0.2) is 24.3 Å². The van der Waals surface area contributed by atoms with Gasteiger partial charge < -0.3 is 15.2 Å². The molecule has 1 aliphatic rings. The molecule has 4 nitrogen and oxygen atoms in total.